The van der Waals surface area contributed by atoms with Crippen LogP contribution < -0.4 is 5.32 Å². The fraction of sp³-hybridized carbons (Fsp3) is 0.0909. The van der Waals surface area contributed by atoms with Crippen molar-refractivity contribution in [1.29, 1.82) is 0 Å². The predicted octanol–water partition coefficient (Wildman–Crippen LogP) is 2.86. The highest BCUT2D eigenvalue weighted by atomic mass is 32.2. The van der Waals surface area contributed by atoms with Crippen molar-refractivity contribution < 1.29 is 13.7 Å². The molecule has 1 N–H and O–H groups in total. The summed E-state index contributed by atoms with van der Waals surface area (Å²) < 4.78 is 26.0. The number of hydrogen-bond acceptors (Lipinski definition) is 6. The third kappa shape index (κ3) is 2.99. The molecule has 0 saturated heterocycles. The molecule has 2 aromatic rings. The first-order chi connectivity index (χ1) is 9.51. The van der Waals surface area contributed by atoms with Crippen LogP contribution in [0.15, 0.2) is 34.3 Å². The minimum atomic E-state index is -1.03. The summed E-state index contributed by atoms with van der Waals surface area (Å²) in [6.45, 7) is 0. The molecule has 1 aromatic heterocycles. The van der Waals surface area contributed by atoms with Crippen molar-refractivity contribution in [2.75, 3.05) is 12.4 Å². The summed E-state index contributed by atoms with van der Waals surface area (Å²) in [5.74, 6) is -1.82. The molecule has 0 aliphatic rings. The fourth-order valence-electron chi connectivity index (χ4n) is 1.33. The Hall–Kier alpha value is -2.29. The average Bonchev–Trinajstić information content (AvgIpc) is 2.42. The summed E-state index contributed by atoms with van der Waals surface area (Å²) in [5.41, 5.74) is -0.307. The summed E-state index contributed by atoms with van der Waals surface area (Å²) in [6.07, 6.45) is 1.06. The molecule has 9 heteroatoms. The molecule has 2 rings (SSSR count). The number of nitrogens with one attached hydrogen (secondary N) is 1. The van der Waals surface area contributed by atoms with Crippen LogP contribution in [0.2, 0.25) is 0 Å². The third-order valence-electron chi connectivity index (χ3n) is 2.26. The largest absolute Gasteiger partial charge is 0.357 e. The van der Waals surface area contributed by atoms with Crippen LogP contribution in [-0.4, -0.2) is 21.9 Å². The summed E-state index contributed by atoms with van der Waals surface area (Å²) in [7, 11) is 1.56. The molecule has 1 heterocycles. The molecule has 104 valence electrons. The molecule has 0 bridgehead atoms. The van der Waals surface area contributed by atoms with Gasteiger partial charge in [-0.3, -0.25) is 10.1 Å². The zero-order valence-electron chi connectivity index (χ0n) is 10.1. The summed E-state index contributed by atoms with van der Waals surface area (Å²) >= 11 is 0.856. The molecule has 0 amide bonds. The molecule has 0 radical (unpaired) electrons. The minimum absolute atomic E-state index is 0.0420. The van der Waals surface area contributed by atoms with Crippen LogP contribution in [0.3, 0.4) is 0 Å². The Bertz CT molecular complexity index is 669. The van der Waals surface area contributed by atoms with Crippen LogP contribution in [0, 0.1) is 21.7 Å². The Kier molecular flexibility index (Phi) is 4.08. The van der Waals surface area contributed by atoms with Crippen molar-refractivity contribution in [3.05, 3.63) is 46.1 Å². The summed E-state index contributed by atoms with van der Waals surface area (Å²) in [6, 6.07) is 3.21. The summed E-state index contributed by atoms with van der Waals surface area (Å²) in [4.78, 5) is 18.2. The Morgan fingerprint density at radius 1 is 1.35 bits per heavy atom. The quantitative estimate of drug-likeness (QED) is 0.531. The van der Waals surface area contributed by atoms with Gasteiger partial charge in [0.15, 0.2) is 16.7 Å². The van der Waals surface area contributed by atoms with Gasteiger partial charge in [0.25, 0.3) is 0 Å². The normalized spacial score (nSPS) is 10.3. The lowest BCUT2D eigenvalue weighted by Crippen LogP contribution is -2.00. The van der Waals surface area contributed by atoms with Gasteiger partial charge in [0.1, 0.15) is 6.20 Å². The molecule has 0 aliphatic carbocycles. The number of hydrogen-bond donors (Lipinski definition) is 1. The number of aromatic nitrogens is 2. The van der Waals surface area contributed by atoms with E-state index in [0.29, 0.717) is 4.90 Å². The minimum Gasteiger partial charge on any atom is -0.357 e. The first-order valence-electron chi connectivity index (χ1n) is 5.33. The molecule has 0 unspecified atom stereocenters. The second kappa shape index (κ2) is 5.78. The first kappa shape index (κ1) is 14.1. The van der Waals surface area contributed by atoms with Crippen LogP contribution in [0.5, 0.6) is 0 Å². The maximum absolute atomic E-state index is 13.1. The lowest BCUT2D eigenvalue weighted by atomic mass is 10.3. The lowest BCUT2D eigenvalue weighted by molar-refractivity contribution is -0.388. The highest BCUT2D eigenvalue weighted by Crippen LogP contribution is 2.33. The standard InChI is InChI=1S/C11H8F2N4O2S/c1-14-11-15-5-9(17(18)19)10(16-11)20-6-2-3-7(12)8(13)4-6/h2-5H,1H3,(H,14,15,16). The Morgan fingerprint density at radius 2 is 2.10 bits per heavy atom. The van der Waals surface area contributed by atoms with Crippen molar-refractivity contribution >= 4 is 23.4 Å². The third-order valence-corrected chi connectivity index (χ3v) is 3.24. The predicted molar refractivity (Wildman–Crippen MR) is 68.7 cm³/mol. The zero-order chi connectivity index (χ0) is 14.7. The molecule has 0 atom stereocenters. The number of anilines is 1. The molecule has 0 aliphatic heterocycles. The van der Waals surface area contributed by atoms with Gasteiger partial charge in [-0.25, -0.2) is 13.8 Å². The molecule has 0 saturated carbocycles. The van der Waals surface area contributed by atoms with E-state index in [4.69, 9.17) is 0 Å². The van der Waals surface area contributed by atoms with Gasteiger partial charge in [-0.1, -0.05) is 11.8 Å². The van der Waals surface area contributed by atoms with Crippen LogP contribution in [0.4, 0.5) is 20.4 Å². The number of nitro groups is 1. The average molecular weight is 298 g/mol. The Morgan fingerprint density at radius 3 is 2.70 bits per heavy atom. The van der Waals surface area contributed by atoms with Crippen molar-refractivity contribution in [3.8, 4) is 0 Å². The molecular weight excluding hydrogens is 290 g/mol. The summed E-state index contributed by atoms with van der Waals surface area (Å²) in [5, 5.41) is 13.6. The molecule has 0 spiro atoms. The molecule has 0 fully saturated rings. The zero-order valence-corrected chi connectivity index (χ0v) is 10.9. The van der Waals surface area contributed by atoms with Gasteiger partial charge in [-0.05, 0) is 18.2 Å². The first-order valence-corrected chi connectivity index (χ1v) is 6.15. The highest BCUT2D eigenvalue weighted by Gasteiger charge is 2.18. The van der Waals surface area contributed by atoms with Gasteiger partial charge in [-0.2, -0.15) is 4.98 Å². The van der Waals surface area contributed by atoms with E-state index in [2.05, 4.69) is 15.3 Å². The van der Waals surface area contributed by atoms with E-state index in [1.165, 1.54) is 6.07 Å². The van der Waals surface area contributed by atoms with E-state index < -0.39 is 16.6 Å². The van der Waals surface area contributed by atoms with E-state index in [-0.39, 0.29) is 16.7 Å². The number of rotatable bonds is 4. The van der Waals surface area contributed by atoms with Crippen LogP contribution in [-0.2, 0) is 0 Å². The van der Waals surface area contributed by atoms with Crippen LogP contribution >= 0.6 is 11.8 Å². The Balaban J connectivity index is 2.40. The maximum Gasteiger partial charge on any atom is 0.320 e. The van der Waals surface area contributed by atoms with Crippen molar-refractivity contribution in [3.63, 3.8) is 0 Å². The maximum atomic E-state index is 13.1. The van der Waals surface area contributed by atoms with Gasteiger partial charge in [-0.15, -0.1) is 0 Å². The van der Waals surface area contributed by atoms with Gasteiger partial charge in [0.05, 0.1) is 4.92 Å². The van der Waals surface area contributed by atoms with E-state index in [9.17, 15) is 18.9 Å². The fourth-order valence-corrected chi connectivity index (χ4v) is 2.22. The SMILES string of the molecule is CNc1ncc([N+](=O)[O-])c(Sc2ccc(F)c(F)c2)n1. The lowest BCUT2D eigenvalue weighted by Gasteiger charge is -2.04. The Labute approximate surface area is 116 Å². The van der Waals surface area contributed by atoms with Crippen molar-refractivity contribution in [1.82, 2.24) is 9.97 Å². The second-order valence-electron chi connectivity index (χ2n) is 3.57. The topological polar surface area (TPSA) is 81.0 Å². The van der Waals surface area contributed by atoms with Gasteiger partial charge < -0.3 is 5.32 Å². The van der Waals surface area contributed by atoms with Gasteiger partial charge in [0.2, 0.25) is 5.95 Å². The van der Waals surface area contributed by atoms with E-state index in [1.54, 1.807) is 7.05 Å². The van der Waals surface area contributed by atoms with Crippen LogP contribution in [0.25, 0.3) is 0 Å². The number of nitrogens with zero attached hydrogens (tertiary/aromatic N) is 3. The van der Waals surface area contributed by atoms with E-state index >= 15 is 0 Å². The number of benzene rings is 1. The van der Waals surface area contributed by atoms with E-state index in [1.807, 2.05) is 0 Å². The van der Waals surface area contributed by atoms with Crippen molar-refractivity contribution in [2.24, 2.45) is 0 Å². The molecule has 6 nitrogen and oxygen atoms in total. The van der Waals surface area contributed by atoms with Crippen molar-refractivity contribution in [2.45, 2.75) is 9.92 Å². The molecular formula is C11H8F2N4O2S. The number of halogens is 2. The molecule has 1 aromatic carbocycles. The van der Waals surface area contributed by atoms with Gasteiger partial charge in [0, 0.05) is 11.9 Å². The van der Waals surface area contributed by atoms with Gasteiger partial charge >= 0.3 is 5.69 Å². The second-order valence-corrected chi connectivity index (χ2v) is 4.63. The van der Waals surface area contributed by atoms with Crippen LogP contribution in [0.1, 0.15) is 0 Å². The molecule has 20 heavy (non-hydrogen) atoms. The van der Waals surface area contributed by atoms with E-state index in [0.717, 1.165) is 30.1 Å². The smallest absolute Gasteiger partial charge is 0.320 e. The highest BCUT2D eigenvalue weighted by molar-refractivity contribution is 7.99. The monoisotopic (exact) mass is 298 g/mol.